The van der Waals surface area contributed by atoms with E-state index < -0.39 is 0 Å². The second-order valence-electron chi connectivity index (χ2n) is 6.82. The molecule has 2 fully saturated rings. The smallest absolute Gasteiger partial charge is 0.227 e. The molecule has 5 nitrogen and oxygen atoms in total. The Kier molecular flexibility index (Phi) is 5.62. The minimum Gasteiger partial charge on any atom is -0.353 e. The van der Waals surface area contributed by atoms with E-state index >= 15 is 0 Å². The third-order valence-corrected chi connectivity index (χ3v) is 4.81. The van der Waals surface area contributed by atoms with Crippen molar-refractivity contribution in [2.45, 2.75) is 64.5 Å². The van der Waals surface area contributed by atoms with E-state index in [0.29, 0.717) is 0 Å². The summed E-state index contributed by atoms with van der Waals surface area (Å²) in [4.78, 5) is 26.2. The van der Waals surface area contributed by atoms with Crippen molar-refractivity contribution in [3.8, 4) is 0 Å². The number of hydrogen-bond acceptors (Lipinski definition) is 3. The second kappa shape index (κ2) is 7.25. The maximum Gasteiger partial charge on any atom is 0.227 e. The summed E-state index contributed by atoms with van der Waals surface area (Å²) in [6.07, 6.45) is 5.87. The largest absolute Gasteiger partial charge is 0.353 e. The van der Waals surface area contributed by atoms with Crippen LogP contribution in [0.3, 0.4) is 0 Å². The van der Waals surface area contributed by atoms with Crippen LogP contribution in [0.4, 0.5) is 0 Å². The average molecular weight is 295 g/mol. The molecule has 5 heteroatoms. The van der Waals surface area contributed by atoms with Crippen LogP contribution < -0.4 is 11.1 Å². The molecule has 0 aromatic heterocycles. The van der Waals surface area contributed by atoms with E-state index in [2.05, 4.69) is 5.32 Å². The van der Waals surface area contributed by atoms with Crippen LogP contribution in [-0.2, 0) is 9.59 Å². The highest BCUT2D eigenvalue weighted by atomic mass is 16.2. The van der Waals surface area contributed by atoms with Crippen LogP contribution in [0.1, 0.15) is 52.4 Å². The molecule has 1 aliphatic heterocycles. The molecule has 2 unspecified atom stereocenters. The summed E-state index contributed by atoms with van der Waals surface area (Å²) in [5, 5.41) is 3.06. The fraction of sp³-hybridized carbons (Fsp3) is 0.875. The van der Waals surface area contributed by atoms with Gasteiger partial charge in [0, 0.05) is 31.1 Å². The maximum absolute atomic E-state index is 12.6. The first-order chi connectivity index (χ1) is 9.99. The number of nitrogens with one attached hydrogen (secondary N) is 1. The molecule has 2 atom stereocenters. The Morgan fingerprint density at radius 3 is 2.29 bits per heavy atom. The van der Waals surface area contributed by atoms with Crippen molar-refractivity contribution >= 4 is 11.8 Å². The van der Waals surface area contributed by atoms with Crippen molar-refractivity contribution in [1.82, 2.24) is 10.2 Å². The molecular weight excluding hydrogens is 266 g/mol. The first-order valence-electron chi connectivity index (χ1n) is 8.33. The zero-order chi connectivity index (χ0) is 15.4. The van der Waals surface area contributed by atoms with Gasteiger partial charge in [0.25, 0.3) is 0 Å². The lowest BCUT2D eigenvalue weighted by Crippen LogP contribution is -2.51. The van der Waals surface area contributed by atoms with Crippen molar-refractivity contribution in [2.24, 2.45) is 17.6 Å². The van der Waals surface area contributed by atoms with Gasteiger partial charge < -0.3 is 16.0 Å². The third kappa shape index (κ3) is 4.19. The molecule has 0 radical (unpaired) electrons. The quantitative estimate of drug-likeness (QED) is 0.823. The number of carbonyl (C=O) groups excluding carboxylic acids is 2. The Morgan fingerprint density at radius 2 is 1.71 bits per heavy atom. The number of nitrogens with zero attached hydrogens (tertiary/aromatic N) is 1. The van der Waals surface area contributed by atoms with Crippen LogP contribution in [0.25, 0.3) is 0 Å². The summed E-state index contributed by atoms with van der Waals surface area (Å²) in [6, 6.07) is 0.244. The Bertz CT molecular complexity index is 376. The molecule has 1 aliphatic carbocycles. The van der Waals surface area contributed by atoms with E-state index in [0.717, 1.165) is 51.6 Å². The summed E-state index contributed by atoms with van der Waals surface area (Å²) in [5.41, 5.74) is 6.11. The molecule has 120 valence electrons. The van der Waals surface area contributed by atoms with Crippen LogP contribution in [-0.4, -0.2) is 41.9 Å². The molecule has 0 aromatic rings. The Morgan fingerprint density at radius 1 is 1.10 bits per heavy atom. The zero-order valence-corrected chi connectivity index (χ0v) is 13.3. The number of rotatable bonds is 3. The number of hydrogen-bond donors (Lipinski definition) is 2. The van der Waals surface area contributed by atoms with Crippen LogP contribution in [0.15, 0.2) is 0 Å². The van der Waals surface area contributed by atoms with Gasteiger partial charge in [-0.15, -0.1) is 0 Å². The van der Waals surface area contributed by atoms with Crippen molar-refractivity contribution in [2.75, 3.05) is 13.1 Å². The highest BCUT2D eigenvalue weighted by molar-refractivity contribution is 5.80. The molecule has 0 spiro atoms. The average Bonchev–Trinajstić information content (AvgIpc) is 2.47. The van der Waals surface area contributed by atoms with Crippen LogP contribution >= 0.6 is 0 Å². The van der Waals surface area contributed by atoms with Gasteiger partial charge in [0.05, 0.1) is 5.92 Å². The van der Waals surface area contributed by atoms with Crippen LogP contribution in [0, 0.1) is 11.8 Å². The molecule has 1 saturated heterocycles. The normalized spacial score (nSPS) is 27.7. The van der Waals surface area contributed by atoms with Gasteiger partial charge >= 0.3 is 0 Å². The van der Waals surface area contributed by atoms with E-state index in [4.69, 9.17) is 5.73 Å². The van der Waals surface area contributed by atoms with E-state index in [1.54, 1.807) is 0 Å². The van der Waals surface area contributed by atoms with E-state index in [1.807, 2.05) is 18.7 Å². The molecule has 1 heterocycles. The van der Waals surface area contributed by atoms with Gasteiger partial charge in [-0.3, -0.25) is 9.59 Å². The maximum atomic E-state index is 12.6. The molecule has 0 bridgehead atoms. The van der Waals surface area contributed by atoms with Gasteiger partial charge in [0.15, 0.2) is 0 Å². The van der Waals surface area contributed by atoms with Crippen LogP contribution in [0.5, 0.6) is 0 Å². The molecule has 1 saturated carbocycles. The Balaban J connectivity index is 1.80. The topological polar surface area (TPSA) is 75.4 Å². The summed E-state index contributed by atoms with van der Waals surface area (Å²) in [6.45, 7) is 5.28. The standard InChI is InChI=1S/C16H29N3O2/c1-11(2)15(20)18-12-7-9-19(10-8-12)16(21)13-5-3-4-6-14(13)17/h11-14H,3-10,17H2,1-2H3,(H,18,20). The van der Waals surface area contributed by atoms with Gasteiger partial charge in [-0.2, -0.15) is 0 Å². The molecule has 0 aromatic carbocycles. The molecule has 2 rings (SSSR count). The van der Waals surface area contributed by atoms with Crippen LogP contribution in [0.2, 0.25) is 0 Å². The predicted octanol–water partition coefficient (Wildman–Crippen LogP) is 1.27. The predicted molar refractivity (Wildman–Crippen MR) is 82.5 cm³/mol. The molecular formula is C16H29N3O2. The lowest BCUT2D eigenvalue weighted by molar-refractivity contribution is -0.138. The molecule has 2 amide bonds. The second-order valence-corrected chi connectivity index (χ2v) is 6.82. The number of carbonyl (C=O) groups is 2. The van der Waals surface area contributed by atoms with Crippen molar-refractivity contribution in [1.29, 1.82) is 0 Å². The zero-order valence-electron chi connectivity index (χ0n) is 13.3. The molecule has 2 aliphatic rings. The van der Waals surface area contributed by atoms with Gasteiger partial charge in [-0.25, -0.2) is 0 Å². The minimum absolute atomic E-state index is 0.0144. The summed E-state index contributed by atoms with van der Waals surface area (Å²) >= 11 is 0. The minimum atomic E-state index is 0.0144. The van der Waals surface area contributed by atoms with Gasteiger partial charge in [0.2, 0.25) is 11.8 Å². The van der Waals surface area contributed by atoms with Gasteiger partial charge in [-0.1, -0.05) is 26.7 Å². The number of likely N-dealkylation sites (tertiary alicyclic amines) is 1. The number of nitrogens with two attached hydrogens (primary N) is 1. The summed E-state index contributed by atoms with van der Waals surface area (Å²) in [7, 11) is 0. The fourth-order valence-corrected chi connectivity index (χ4v) is 3.31. The monoisotopic (exact) mass is 295 g/mol. The van der Waals surface area contributed by atoms with Gasteiger partial charge in [-0.05, 0) is 25.7 Å². The summed E-state index contributed by atoms with van der Waals surface area (Å²) in [5.74, 6) is 0.371. The third-order valence-electron chi connectivity index (χ3n) is 4.81. The Labute approximate surface area is 127 Å². The molecule has 3 N–H and O–H groups in total. The highest BCUT2D eigenvalue weighted by Crippen LogP contribution is 2.26. The molecule has 21 heavy (non-hydrogen) atoms. The van der Waals surface area contributed by atoms with Crippen molar-refractivity contribution < 1.29 is 9.59 Å². The fourth-order valence-electron chi connectivity index (χ4n) is 3.31. The highest BCUT2D eigenvalue weighted by Gasteiger charge is 2.33. The number of piperidine rings is 1. The van der Waals surface area contributed by atoms with E-state index in [-0.39, 0.29) is 35.7 Å². The van der Waals surface area contributed by atoms with Gasteiger partial charge in [0.1, 0.15) is 0 Å². The SMILES string of the molecule is CC(C)C(=O)NC1CCN(C(=O)C2CCCCC2N)CC1. The van der Waals surface area contributed by atoms with E-state index in [9.17, 15) is 9.59 Å². The first kappa shape index (κ1) is 16.3. The van der Waals surface area contributed by atoms with Crippen molar-refractivity contribution in [3.05, 3.63) is 0 Å². The first-order valence-corrected chi connectivity index (χ1v) is 8.33. The Hall–Kier alpha value is -1.10. The number of amides is 2. The lowest BCUT2D eigenvalue weighted by Gasteiger charge is -2.37. The van der Waals surface area contributed by atoms with E-state index in [1.165, 1.54) is 0 Å². The summed E-state index contributed by atoms with van der Waals surface area (Å²) < 4.78 is 0. The van der Waals surface area contributed by atoms with Crippen molar-refractivity contribution in [3.63, 3.8) is 0 Å². The lowest BCUT2D eigenvalue weighted by atomic mass is 9.83.